The van der Waals surface area contributed by atoms with Crippen molar-refractivity contribution in [3.63, 3.8) is 0 Å². The fourth-order valence-corrected chi connectivity index (χ4v) is 2.60. The van der Waals surface area contributed by atoms with Crippen LogP contribution < -0.4 is 15.5 Å². The molecule has 0 heterocycles. The molecule has 7 heteroatoms. The minimum atomic E-state index is -0.479. The van der Waals surface area contributed by atoms with Crippen LogP contribution in [-0.4, -0.2) is 31.7 Å². The number of nitrogens with zero attached hydrogens (tertiary/aromatic N) is 1. The van der Waals surface area contributed by atoms with Gasteiger partial charge in [0.05, 0.1) is 13.3 Å². The molecule has 2 amide bonds. The summed E-state index contributed by atoms with van der Waals surface area (Å²) in [5, 5.41) is 6.58. The highest BCUT2D eigenvalue weighted by molar-refractivity contribution is 9.10. The Morgan fingerprint density at radius 2 is 1.92 bits per heavy atom. The van der Waals surface area contributed by atoms with Crippen LogP contribution in [0.1, 0.15) is 17.5 Å². The van der Waals surface area contributed by atoms with Gasteiger partial charge in [-0.3, -0.25) is 9.59 Å². The molecule has 136 valence electrons. The Hall–Kier alpha value is -2.67. The second-order valence-electron chi connectivity index (χ2n) is 5.44. The third-order valence-corrected chi connectivity index (χ3v) is 3.98. The Labute approximate surface area is 160 Å². The van der Waals surface area contributed by atoms with Gasteiger partial charge in [-0.05, 0) is 30.2 Å². The van der Waals surface area contributed by atoms with Gasteiger partial charge < -0.3 is 10.1 Å². The van der Waals surface area contributed by atoms with Crippen molar-refractivity contribution in [2.45, 2.75) is 12.8 Å². The van der Waals surface area contributed by atoms with Crippen LogP contribution in [0.5, 0.6) is 5.75 Å². The number of amides is 2. The van der Waals surface area contributed by atoms with E-state index in [1.165, 1.54) is 6.21 Å². The molecule has 2 N–H and O–H groups in total. The quantitative estimate of drug-likeness (QED) is 0.393. The summed E-state index contributed by atoms with van der Waals surface area (Å²) < 4.78 is 6.08. The van der Waals surface area contributed by atoms with Crippen LogP contribution in [0.25, 0.3) is 0 Å². The fourth-order valence-electron chi connectivity index (χ4n) is 2.22. The van der Waals surface area contributed by atoms with Crippen molar-refractivity contribution >= 4 is 34.0 Å². The van der Waals surface area contributed by atoms with E-state index in [9.17, 15) is 9.59 Å². The molecule has 0 spiro atoms. The Bertz CT molecular complexity index is 779. The summed E-state index contributed by atoms with van der Waals surface area (Å²) in [6, 6.07) is 15.3. The topological polar surface area (TPSA) is 79.8 Å². The van der Waals surface area contributed by atoms with E-state index in [0.29, 0.717) is 17.9 Å². The molecule has 2 aromatic carbocycles. The molecule has 0 saturated carbocycles. The molecular formula is C19H20BrN3O3. The molecule has 0 aliphatic rings. The van der Waals surface area contributed by atoms with Crippen molar-refractivity contribution in [2.24, 2.45) is 5.10 Å². The number of rotatable bonds is 8. The molecule has 0 aliphatic heterocycles. The number of carbonyl (C=O) groups is 2. The SMILES string of the molecule is COc1ccc(Br)cc1C=NNC(=O)CC(=O)NCCc1ccccc1. The van der Waals surface area contributed by atoms with Gasteiger partial charge >= 0.3 is 0 Å². The molecule has 0 atom stereocenters. The first kappa shape index (κ1) is 19.7. The minimum absolute atomic E-state index is 0.276. The third kappa shape index (κ3) is 6.68. The Morgan fingerprint density at radius 3 is 2.65 bits per heavy atom. The molecular weight excluding hydrogens is 398 g/mol. The third-order valence-electron chi connectivity index (χ3n) is 3.48. The van der Waals surface area contributed by atoms with Gasteiger partial charge in [0.15, 0.2) is 0 Å². The first-order chi connectivity index (χ1) is 12.6. The fraction of sp³-hybridized carbons (Fsp3) is 0.211. The van der Waals surface area contributed by atoms with Gasteiger partial charge in [-0.1, -0.05) is 46.3 Å². The van der Waals surface area contributed by atoms with E-state index in [4.69, 9.17) is 4.74 Å². The molecule has 0 saturated heterocycles. The van der Waals surface area contributed by atoms with Crippen LogP contribution in [0.3, 0.4) is 0 Å². The molecule has 26 heavy (non-hydrogen) atoms. The van der Waals surface area contributed by atoms with Gasteiger partial charge in [-0.15, -0.1) is 0 Å². The highest BCUT2D eigenvalue weighted by atomic mass is 79.9. The van der Waals surface area contributed by atoms with E-state index in [2.05, 4.69) is 31.8 Å². The summed E-state index contributed by atoms with van der Waals surface area (Å²) in [6.45, 7) is 0.481. The number of hydrogen-bond acceptors (Lipinski definition) is 4. The van der Waals surface area contributed by atoms with Crippen LogP contribution in [0.15, 0.2) is 58.1 Å². The number of nitrogens with one attached hydrogen (secondary N) is 2. The first-order valence-corrected chi connectivity index (χ1v) is 8.84. The van der Waals surface area contributed by atoms with E-state index in [0.717, 1.165) is 16.5 Å². The van der Waals surface area contributed by atoms with Crippen LogP contribution in [0, 0.1) is 0 Å². The largest absolute Gasteiger partial charge is 0.496 e. The molecule has 0 aromatic heterocycles. The van der Waals surface area contributed by atoms with Crippen molar-refractivity contribution in [1.29, 1.82) is 0 Å². The molecule has 0 aliphatic carbocycles. The van der Waals surface area contributed by atoms with Gasteiger partial charge in [0.25, 0.3) is 0 Å². The summed E-state index contributed by atoms with van der Waals surface area (Å²) in [6.07, 6.45) is 1.91. The van der Waals surface area contributed by atoms with Gasteiger partial charge in [0.1, 0.15) is 12.2 Å². The van der Waals surface area contributed by atoms with Gasteiger partial charge in [0.2, 0.25) is 11.8 Å². The zero-order valence-corrected chi connectivity index (χ0v) is 16.0. The lowest BCUT2D eigenvalue weighted by atomic mass is 10.1. The van der Waals surface area contributed by atoms with E-state index in [-0.39, 0.29) is 12.3 Å². The van der Waals surface area contributed by atoms with Gasteiger partial charge in [-0.2, -0.15) is 5.10 Å². The van der Waals surface area contributed by atoms with E-state index in [1.807, 2.05) is 42.5 Å². The van der Waals surface area contributed by atoms with Crippen molar-refractivity contribution in [3.8, 4) is 5.75 Å². The number of hydrazone groups is 1. The number of halogens is 1. The first-order valence-electron chi connectivity index (χ1n) is 8.04. The van der Waals surface area contributed by atoms with Crippen LogP contribution >= 0.6 is 15.9 Å². The second kappa shape index (κ2) is 10.4. The number of methoxy groups -OCH3 is 1. The average Bonchev–Trinajstić information content (AvgIpc) is 2.63. The lowest BCUT2D eigenvalue weighted by molar-refractivity contribution is -0.129. The highest BCUT2D eigenvalue weighted by Gasteiger charge is 2.08. The van der Waals surface area contributed by atoms with Crippen molar-refractivity contribution in [2.75, 3.05) is 13.7 Å². The number of ether oxygens (including phenoxy) is 1. The molecule has 6 nitrogen and oxygen atoms in total. The highest BCUT2D eigenvalue weighted by Crippen LogP contribution is 2.21. The van der Waals surface area contributed by atoms with Crippen molar-refractivity contribution < 1.29 is 14.3 Å². The Morgan fingerprint density at radius 1 is 1.15 bits per heavy atom. The maximum Gasteiger partial charge on any atom is 0.249 e. The summed E-state index contributed by atoms with van der Waals surface area (Å²) >= 11 is 3.36. The van der Waals surface area contributed by atoms with E-state index in [1.54, 1.807) is 13.2 Å². The summed E-state index contributed by atoms with van der Waals surface area (Å²) in [7, 11) is 1.55. The molecule has 0 bridgehead atoms. The smallest absolute Gasteiger partial charge is 0.249 e. The molecule has 0 radical (unpaired) electrons. The average molecular weight is 418 g/mol. The Kier molecular flexibility index (Phi) is 7.82. The second-order valence-corrected chi connectivity index (χ2v) is 6.36. The van der Waals surface area contributed by atoms with Crippen LogP contribution in [-0.2, 0) is 16.0 Å². The summed E-state index contributed by atoms with van der Waals surface area (Å²) in [4.78, 5) is 23.5. The van der Waals surface area contributed by atoms with Crippen LogP contribution in [0.2, 0.25) is 0 Å². The normalized spacial score (nSPS) is 10.5. The molecule has 2 aromatic rings. The van der Waals surface area contributed by atoms with Crippen molar-refractivity contribution in [3.05, 3.63) is 64.1 Å². The lowest BCUT2D eigenvalue weighted by Crippen LogP contribution is -2.31. The number of benzene rings is 2. The van der Waals surface area contributed by atoms with E-state index >= 15 is 0 Å². The Balaban J connectivity index is 1.74. The molecule has 2 rings (SSSR count). The monoisotopic (exact) mass is 417 g/mol. The van der Waals surface area contributed by atoms with E-state index < -0.39 is 5.91 Å². The standard InChI is InChI=1S/C19H20BrN3O3/c1-26-17-8-7-16(20)11-15(17)13-22-23-19(25)12-18(24)21-10-9-14-5-3-2-4-6-14/h2-8,11,13H,9-10,12H2,1H3,(H,21,24)(H,23,25). The predicted octanol–water partition coefficient (Wildman–Crippen LogP) is 2.66. The zero-order valence-electron chi connectivity index (χ0n) is 14.4. The minimum Gasteiger partial charge on any atom is -0.496 e. The molecule has 0 unspecified atom stereocenters. The maximum absolute atomic E-state index is 11.8. The zero-order chi connectivity index (χ0) is 18.8. The number of hydrogen-bond donors (Lipinski definition) is 2. The lowest BCUT2D eigenvalue weighted by Gasteiger charge is -2.05. The molecule has 0 fully saturated rings. The summed E-state index contributed by atoms with van der Waals surface area (Å²) in [5.41, 5.74) is 4.17. The summed E-state index contributed by atoms with van der Waals surface area (Å²) in [5.74, 6) is -0.189. The van der Waals surface area contributed by atoms with Gasteiger partial charge in [0, 0.05) is 16.6 Å². The van der Waals surface area contributed by atoms with Crippen LogP contribution in [0.4, 0.5) is 0 Å². The predicted molar refractivity (Wildman–Crippen MR) is 104 cm³/mol. The maximum atomic E-state index is 11.8. The van der Waals surface area contributed by atoms with Gasteiger partial charge in [-0.25, -0.2) is 5.43 Å². The van der Waals surface area contributed by atoms with Crippen molar-refractivity contribution in [1.82, 2.24) is 10.7 Å². The number of carbonyl (C=O) groups excluding carboxylic acids is 2.